The van der Waals surface area contributed by atoms with Crippen molar-refractivity contribution in [3.8, 4) is 0 Å². The molecule has 1 amide bonds. The number of hydrogen-bond donors (Lipinski definition) is 2. The highest BCUT2D eigenvalue weighted by Crippen LogP contribution is 2.39. The Labute approximate surface area is 211 Å². The first-order valence-corrected chi connectivity index (χ1v) is 13.3. The van der Waals surface area contributed by atoms with Crippen LogP contribution in [0.5, 0.6) is 0 Å². The maximum Gasteiger partial charge on any atom is 0.263 e. The van der Waals surface area contributed by atoms with E-state index in [-0.39, 0.29) is 17.4 Å². The number of ether oxygens (including phenoxy) is 1. The minimum Gasteiger partial charge on any atom is -0.397 e. The standard InChI is InChI=1S/C27H35N5O2S/c1-16(14-34-4)27(3)11-12-32(15-27)22-10-6-18-13-19(7-9-21(18)31-22)30-25(33)24-23(28)20-8-5-17(2)29-26(20)35-24/h5-6,8,10,16,19H,7,9,11-15,28H2,1-4H3,(H,30,33)/t16?,19-,27+/m0/s1. The summed E-state index contributed by atoms with van der Waals surface area (Å²) in [5.74, 6) is 1.47. The fourth-order valence-electron chi connectivity index (χ4n) is 5.44. The number of aromatic nitrogens is 2. The molecule has 0 aromatic carbocycles. The van der Waals surface area contributed by atoms with Gasteiger partial charge >= 0.3 is 0 Å². The van der Waals surface area contributed by atoms with Crippen molar-refractivity contribution in [2.45, 2.75) is 52.5 Å². The molecule has 3 atom stereocenters. The third kappa shape index (κ3) is 4.61. The molecule has 7 nitrogen and oxygen atoms in total. The van der Waals surface area contributed by atoms with Crippen LogP contribution in [-0.4, -0.2) is 48.7 Å². The topological polar surface area (TPSA) is 93.4 Å². The van der Waals surface area contributed by atoms with E-state index in [1.165, 1.54) is 16.9 Å². The fourth-order valence-corrected chi connectivity index (χ4v) is 6.48. The molecule has 4 heterocycles. The number of methoxy groups -OCH3 is 1. The summed E-state index contributed by atoms with van der Waals surface area (Å²) < 4.78 is 5.42. The van der Waals surface area contributed by atoms with E-state index in [0.29, 0.717) is 16.5 Å². The Morgan fingerprint density at radius 2 is 2.17 bits per heavy atom. The van der Waals surface area contributed by atoms with Crippen LogP contribution < -0.4 is 16.0 Å². The Bertz CT molecular complexity index is 1260. The molecular weight excluding hydrogens is 458 g/mol. The first-order chi connectivity index (χ1) is 16.8. The molecule has 0 saturated carbocycles. The number of nitrogens with zero attached hydrogens (tertiary/aromatic N) is 3. The molecule has 0 spiro atoms. The summed E-state index contributed by atoms with van der Waals surface area (Å²) in [6.07, 6.45) is 3.68. The van der Waals surface area contributed by atoms with Gasteiger partial charge < -0.3 is 20.7 Å². The van der Waals surface area contributed by atoms with Crippen LogP contribution in [0.1, 0.15) is 53.3 Å². The summed E-state index contributed by atoms with van der Waals surface area (Å²) >= 11 is 1.37. The van der Waals surface area contributed by atoms with Gasteiger partial charge in [-0.25, -0.2) is 9.97 Å². The molecule has 1 aliphatic carbocycles. The van der Waals surface area contributed by atoms with Crippen molar-refractivity contribution in [3.63, 3.8) is 0 Å². The smallest absolute Gasteiger partial charge is 0.263 e. The number of hydrogen-bond acceptors (Lipinski definition) is 7. The molecule has 0 bridgehead atoms. The van der Waals surface area contributed by atoms with Crippen molar-refractivity contribution < 1.29 is 9.53 Å². The summed E-state index contributed by atoms with van der Waals surface area (Å²) in [7, 11) is 1.78. The van der Waals surface area contributed by atoms with Gasteiger partial charge in [0.05, 0.1) is 5.69 Å². The molecule has 186 valence electrons. The van der Waals surface area contributed by atoms with Crippen LogP contribution in [0.25, 0.3) is 10.2 Å². The number of aryl methyl sites for hydroxylation is 2. The molecule has 3 aromatic heterocycles. The van der Waals surface area contributed by atoms with Crippen molar-refractivity contribution in [1.29, 1.82) is 0 Å². The van der Waals surface area contributed by atoms with Crippen molar-refractivity contribution in [3.05, 3.63) is 46.1 Å². The van der Waals surface area contributed by atoms with Gasteiger partial charge in [0.2, 0.25) is 0 Å². The Kier molecular flexibility index (Phi) is 6.44. The van der Waals surface area contributed by atoms with Gasteiger partial charge in [0.1, 0.15) is 15.5 Å². The van der Waals surface area contributed by atoms with Crippen LogP contribution in [-0.2, 0) is 17.6 Å². The summed E-state index contributed by atoms with van der Waals surface area (Å²) in [6.45, 7) is 9.41. The van der Waals surface area contributed by atoms with Crippen LogP contribution in [0, 0.1) is 18.3 Å². The first-order valence-electron chi connectivity index (χ1n) is 12.5. The Balaban J connectivity index is 1.25. The van der Waals surface area contributed by atoms with E-state index in [0.717, 1.165) is 72.8 Å². The highest BCUT2D eigenvalue weighted by atomic mass is 32.1. The van der Waals surface area contributed by atoms with Gasteiger partial charge in [0.25, 0.3) is 5.91 Å². The Morgan fingerprint density at radius 3 is 2.97 bits per heavy atom. The molecule has 8 heteroatoms. The molecule has 3 N–H and O–H groups in total. The second kappa shape index (κ2) is 9.39. The number of nitrogens with two attached hydrogens (primary N) is 1. The maximum atomic E-state index is 13.1. The minimum atomic E-state index is -0.109. The van der Waals surface area contributed by atoms with Crippen molar-refractivity contribution in [2.75, 3.05) is 37.4 Å². The van der Waals surface area contributed by atoms with Crippen LogP contribution in [0.15, 0.2) is 24.3 Å². The lowest BCUT2D eigenvalue weighted by atomic mass is 9.78. The van der Waals surface area contributed by atoms with E-state index < -0.39 is 0 Å². The van der Waals surface area contributed by atoms with Crippen LogP contribution in [0.2, 0.25) is 0 Å². The number of anilines is 2. The van der Waals surface area contributed by atoms with E-state index in [1.54, 1.807) is 7.11 Å². The van der Waals surface area contributed by atoms with Crippen LogP contribution >= 0.6 is 11.3 Å². The summed E-state index contributed by atoms with van der Waals surface area (Å²) in [4.78, 5) is 26.4. The van der Waals surface area contributed by atoms with E-state index in [9.17, 15) is 4.79 Å². The van der Waals surface area contributed by atoms with Crippen LogP contribution in [0.3, 0.4) is 0 Å². The van der Waals surface area contributed by atoms with E-state index in [1.807, 2.05) is 19.1 Å². The number of nitrogen functional groups attached to an aromatic ring is 1. The number of thiophene rings is 1. The zero-order valence-electron chi connectivity index (χ0n) is 21.1. The SMILES string of the molecule is COCC(C)[C@]1(C)CCN(c2ccc3c(n2)CC[C@H](NC(=O)c2sc4nc(C)ccc4c2N)C3)C1. The highest BCUT2D eigenvalue weighted by Gasteiger charge is 2.39. The summed E-state index contributed by atoms with van der Waals surface area (Å²) in [5, 5.41) is 4.06. The lowest BCUT2D eigenvalue weighted by Crippen LogP contribution is -2.39. The number of nitrogens with one attached hydrogen (secondary N) is 1. The van der Waals surface area contributed by atoms with Gasteiger partial charge in [-0.15, -0.1) is 11.3 Å². The number of rotatable bonds is 6. The number of amides is 1. The fraction of sp³-hybridized carbons (Fsp3) is 0.519. The Hall–Kier alpha value is -2.71. The molecule has 3 aromatic rings. The zero-order valence-corrected chi connectivity index (χ0v) is 21.9. The number of pyridine rings is 2. The Morgan fingerprint density at radius 1 is 1.34 bits per heavy atom. The lowest BCUT2D eigenvalue weighted by molar-refractivity contribution is 0.0930. The largest absolute Gasteiger partial charge is 0.397 e. The molecule has 5 rings (SSSR count). The first kappa shape index (κ1) is 24.0. The third-order valence-electron chi connectivity index (χ3n) is 7.96. The second-order valence-corrected chi connectivity index (χ2v) is 11.5. The monoisotopic (exact) mass is 493 g/mol. The van der Waals surface area contributed by atoms with E-state index in [4.69, 9.17) is 15.5 Å². The number of carbonyl (C=O) groups is 1. The molecule has 1 unspecified atom stereocenters. The number of carbonyl (C=O) groups excluding carboxylic acids is 1. The third-order valence-corrected chi connectivity index (χ3v) is 9.07. The van der Waals surface area contributed by atoms with Gasteiger partial charge in [0.15, 0.2) is 0 Å². The summed E-state index contributed by atoms with van der Waals surface area (Å²) in [5.41, 5.74) is 10.4. The van der Waals surface area contributed by atoms with Crippen LogP contribution in [0.4, 0.5) is 11.5 Å². The predicted octanol–water partition coefficient (Wildman–Crippen LogP) is 4.37. The minimum absolute atomic E-state index is 0.0759. The maximum absolute atomic E-state index is 13.1. The van der Waals surface area contributed by atoms with Gasteiger partial charge in [-0.1, -0.05) is 19.9 Å². The lowest BCUT2D eigenvalue weighted by Gasteiger charge is -2.31. The van der Waals surface area contributed by atoms with E-state index >= 15 is 0 Å². The normalized spacial score (nSPS) is 22.9. The van der Waals surface area contributed by atoms with Gasteiger partial charge in [-0.3, -0.25) is 4.79 Å². The van der Waals surface area contributed by atoms with Crippen molar-refractivity contribution in [1.82, 2.24) is 15.3 Å². The highest BCUT2D eigenvalue weighted by molar-refractivity contribution is 7.21. The molecule has 1 fully saturated rings. The average molecular weight is 494 g/mol. The molecule has 0 radical (unpaired) electrons. The quantitative estimate of drug-likeness (QED) is 0.530. The van der Waals surface area contributed by atoms with Gasteiger partial charge in [-0.05, 0) is 67.7 Å². The molecule has 1 aliphatic heterocycles. The molecular formula is C27H35N5O2S. The van der Waals surface area contributed by atoms with Gasteiger partial charge in [0, 0.05) is 49.6 Å². The number of fused-ring (bicyclic) bond motifs is 2. The van der Waals surface area contributed by atoms with Crippen molar-refractivity contribution >= 4 is 39.0 Å². The predicted molar refractivity (Wildman–Crippen MR) is 142 cm³/mol. The average Bonchev–Trinajstić information content (AvgIpc) is 3.40. The van der Waals surface area contributed by atoms with E-state index in [2.05, 4.69) is 41.2 Å². The molecule has 35 heavy (non-hydrogen) atoms. The summed E-state index contributed by atoms with van der Waals surface area (Å²) in [6, 6.07) is 8.29. The zero-order chi connectivity index (χ0) is 24.7. The molecule has 2 aliphatic rings. The molecule has 1 saturated heterocycles. The van der Waals surface area contributed by atoms with Crippen molar-refractivity contribution in [2.24, 2.45) is 11.3 Å². The second-order valence-electron chi connectivity index (χ2n) is 10.5. The van der Waals surface area contributed by atoms with Gasteiger partial charge in [-0.2, -0.15) is 0 Å².